The van der Waals surface area contributed by atoms with Gasteiger partial charge in [-0.15, -0.1) is 0 Å². The van der Waals surface area contributed by atoms with Crippen LogP contribution in [0.2, 0.25) is 0 Å². The number of rotatable bonds is 4. The number of aryl methyl sites for hydroxylation is 1. The van der Waals surface area contributed by atoms with Crippen molar-refractivity contribution in [3.8, 4) is 0 Å². The summed E-state index contributed by atoms with van der Waals surface area (Å²) in [5.41, 5.74) is 1.86. The highest BCUT2D eigenvalue weighted by Crippen LogP contribution is 2.32. The molecule has 0 radical (unpaired) electrons. The molecule has 1 aliphatic heterocycles. The Morgan fingerprint density at radius 2 is 2.00 bits per heavy atom. The lowest BCUT2D eigenvalue weighted by atomic mass is 10.2. The van der Waals surface area contributed by atoms with Crippen LogP contribution in [0.5, 0.6) is 0 Å². The number of anilines is 1. The first-order valence-corrected chi connectivity index (χ1v) is 7.43. The first-order chi connectivity index (χ1) is 9.43. The molecule has 20 heavy (non-hydrogen) atoms. The first-order valence-electron chi connectivity index (χ1n) is 5.85. The fraction of sp³-hybridized carbons (Fsp3) is 0.231. The molecule has 1 aromatic carbocycles. The number of aliphatic hydroxyl groups excluding tert-OH is 1. The Hall–Kier alpha value is -1.18. The Morgan fingerprint density at radius 3 is 2.60 bits per heavy atom. The number of benzene rings is 1. The number of hydrogen-bond acceptors (Lipinski definition) is 4. The minimum atomic E-state index is -0.432. The van der Waals surface area contributed by atoms with Crippen LogP contribution in [0.15, 0.2) is 32.9 Å². The molecule has 1 heterocycles. The van der Waals surface area contributed by atoms with E-state index in [9.17, 15) is 9.59 Å². The van der Waals surface area contributed by atoms with Crippen molar-refractivity contribution in [2.75, 3.05) is 18.5 Å². The topological polar surface area (TPSA) is 69.6 Å². The molecule has 1 aromatic rings. The van der Waals surface area contributed by atoms with Crippen molar-refractivity contribution >= 4 is 49.4 Å². The molecule has 2 N–H and O–H groups in total. The van der Waals surface area contributed by atoms with Gasteiger partial charge in [0.05, 0.1) is 18.8 Å². The van der Waals surface area contributed by atoms with E-state index in [0.717, 1.165) is 25.1 Å². The maximum Gasteiger partial charge on any atom is 0.277 e. The highest BCUT2D eigenvalue weighted by atomic mass is 79.9. The van der Waals surface area contributed by atoms with Crippen molar-refractivity contribution in [2.45, 2.75) is 6.92 Å². The zero-order chi connectivity index (χ0) is 14.9. The lowest BCUT2D eigenvalue weighted by molar-refractivity contribution is -0.137. The highest BCUT2D eigenvalue weighted by Gasteiger charge is 2.31. The van der Waals surface area contributed by atoms with Crippen LogP contribution in [0.25, 0.3) is 0 Å². The van der Waals surface area contributed by atoms with Crippen LogP contribution >= 0.6 is 31.9 Å². The molecule has 2 rings (SSSR count). The van der Waals surface area contributed by atoms with Crippen LogP contribution < -0.4 is 5.32 Å². The van der Waals surface area contributed by atoms with E-state index < -0.39 is 11.8 Å². The normalized spacial score (nSPS) is 14.8. The minimum absolute atomic E-state index is 0.000162. The van der Waals surface area contributed by atoms with E-state index in [1.54, 1.807) is 0 Å². The van der Waals surface area contributed by atoms with Gasteiger partial charge in [0.25, 0.3) is 11.8 Å². The fourth-order valence-electron chi connectivity index (χ4n) is 1.91. The average molecular weight is 404 g/mol. The number of halogens is 2. The van der Waals surface area contributed by atoms with Crippen LogP contribution in [0.4, 0.5) is 5.69 Å². The van der Waals surface area contributed by atoms with Gasteiger partial charge in [0, 0.05) is 15.0 Å². The molecule has 2 amide bonds. The van der Waals surface area contributed by atoms with Gasteiger partial charge in [0.1, 0.15) is 5.70 Å². The maximum atomic E-state index is 12.0. The van der Waals surface area contributed by atoms with E-state index in [-0.39, 0.29) is 18.8 Å². The summed E-state index contributed by atoms with van der Waals surface area (Å²) >= 11 is 6.80. The summed E-state index contributed by atoms with van der Waals surface area (Å²) in [6, 6.07) is 3.75. The van der Waals surface area contributed by atoms with Crippen molar-refractivity contribution in [2.24, 2.45) is 0 Å². The van der Waals surface area contributed by atoms with Gasteiger partial charge in [-0.1, -0.05) is 15.9 Å². The standard InChI is InChI=1S/C13H12Br2N2O3/c1-7-4-8(14)5-9(15)12(7)16-10-6-11(19)17(2-3-18)13(10)20/h4-6,16,18H,2-3H2,1H3. The van der Waals surface area contributed by atoms with Crippen molar-refractivity contribution in [3.05, 3.63) is 38.4 Å². The summed E-state index contributed by atoms with van der Waals surface area (Å²) in [4.78, 5) is 24.7. The summed E-state index contributed by atoms with van der Waals surface area (Å²) in [6.45, 7) is 1.64. The third kappa shape index (κ3) is 2.94. The predicted molar refractivity (Wildman–Crippen MR) is 82.1 cm³/mol. The van der Waals surface area contributed by atoms with Gasteiger partial charge < -0.3 is 10.4 Å². The third-order valence-corrected chi connectivity index (χ3v) is 3.93. The number of carbonyl (C=O) groups excluding carboxylic acids is 2. The second-order valence-electron chi connectivity index (χ2n) is 4.28. The Labute approximate surface area is 132 Å². The fourth-order valence-corrected chi connectivity index (χ4v) is 3.44. The van der Waals surface area contributed by atoms with Crippen LogP contribution in [-0.2, 0) is 9.59 Å². The molecule has 0 aromatic heterocycles. The molecule has 0 unspecified atom stereocenters. The van der Waals surface area contributed by atoms with E-state index in [2.05, 4.69) is 37.2 Å². The van der Waals surface area contributed by atoms with E-state index in [0.29, 0.717) is 0 Å². The number of amides is 2. The van der Waals surface area contributed by atoms with E-state index in [1.165, 1.54) is 6.08 Å². The van der Waals surface area contributed by atoms with Gasteiger partial charge in [-0.3, -0.25) is 14.5 Å². The highest BCUT2D eigenvalue weighted by molar-refractivity contribution is 9.11. The van der Waals surface area contributed by atoms with Crippen molar-refractivity contribution < 1.29 is 14.7 Å². The molecule has 5 nitrogen and oxygen atoms in total. The second-order valence-corrected chi connectivity index (χ2v) is 6.05. The Morgan fingerprint density at radius 1 is 1.30 bits per heavy atom. The summed E-state index contributed by atoms with van der Waals surface area (Å²) in [5, 5.41) is 11.8. The molecule has 1 aliphatic rings. The van der Waals surface area contributed by atoms with Crippen molar-refractivity contribution in [1.82, 2.24) is 4.90 Å². The number of hydrogen-bond donors (Lipinski definition) is 2. The van der Waals surface area contributed by atoms with Crippen LogP contribution in [0, 0.1) is 6.92 Å². The number of nitrogens with zero attached hydrogens (tertiary/aromatic N) is 1. The molecule has 0 aliphatic carbocycles. The van der Waals surface area contributed by atoms with Crippen molar-refractivity contribution in [3.63, 3.8) is 0 Å². The lowest BCUT2D eigenvalue weighted by Crippen LogP contribution is -2.34. The zero-order valence-electron chi connectivity index (χ0n) is 10.6. The van der Waals surface area contributed by atoms with Crippen LogP contribution in [0.1, 0.15) is 5.56 Å². The Balaban J connectivity index is 2.26. The van der Waals surface area contributed by atoms with E-state index in [1.807, 2.05) is 19.1 Å². The predicted octanol–water partition coefficient (Wildman–Crippen LogP) is 2.18. The molecule has 106 valence electrons. The minimum Gasteiger partial charge on any atom is -0.395 e. The van der Waals surface area contributed by atoms with Gasteiger partial charge in [-0.2, -0.15) is 0 Å². The largest absolute Gasteiger partial charge is 0.395 e. The smallest absolute Gasteiger partial charge is 0.277 e. The molecule has 0 saturated heterocycles. The van der Waals surface area contributed by atoms with Gasteiger partial charge in [0.15, 0.2) is 0 Å². The molecular formula is C13H12Br2N2O3. The lowest BCUT2D eigenvalue weighted by Gasteiger charge is -2.15. The molecule has 0 atom stereocenters. The second kappa shape index (κ2) is 6.07. The molecule has 0 fully saturated rings. The number of imide groups is 1. The molecule has 0 bridgehead atoms. The summed E-state index contributed by atoms with van der Waals surface area (Å²) in [6.07, 6.45) is 1.24. The number of aliphatic hydroxyl groups is 1. The SMILES string of the molecule is Cc1cc(Br)cc(Br)c1NC1=CC(=O)N(CCO)C1=O. The molecular weight excluding hydrogens is 392 g/mol. The van der Waals surface area contributed by atoms with Crippen LogP contribution in [-0.4, -0.2) is 35.0 Å². The third-order valence-electron chi connectivity index (χ3n) is 2.84. The van der Waals surface area contributed by atoms with Gasteiger partial charge >= 0.3 is 0 Å². The van der Waals surface area contributed by atoms with Gasteiger partial charge in [-0.25, -0.2) is 0 Å². The summed E-state index contributed by atoms with van der Waals surface area (Å²) < 4.78 is 1.70. The number of β-amino-alcohol motifs (C(OH)–C–C–N with tert-alkyl or cyclic N) is 1. The average Bonchev–Trinajstić information content (AvgIpc) is 2.62. The quantitative estimate of drug-likeness (QED) is 0.756. The molecule has 7 heteroatoms. The Bertz CT molecular complexity index is 591. The Kier molecular flexibility index (Phi) is 4.62. The monoisotopic (exact) mass is 402 g/mol. The molecule has 0 saturated carbocycles. The van der Waals surface area contributed by atoms with E-state index in [4.69, 9.17) is 5.11 Å². The van der Waals surface area contributed by atoms with Crippen LogP contribution in [0.3, 0.4) is 0 Å². The molecule has 0 spiro atoms. The maximum absolute atomic E-state index is 12.0. The zero-order valence-corrected chi connectivity index (χ0v) is 13.8. The number of carbonyl (C=O) groups is 2. The summed E-state index contributed by atoms with van der Waals surface area (Å²) in [7, 11) is 0. The van der Waals surface area contributed by atoms with E-state index >= 15 is 0 Å². The van der Waals surface area contributed by atoms with Gasteiger partial charge in [0.2, 0.25) is 0 Å². The van der Waals surface area contributed by atoms with Gasteiger partial charge in [-0.05, 0) is 40.5 Å². The first kappa shape index (κ1) is 15.2. The number of nitrogens with one attached hydrogen (secondary N) is 1. The summed E-state index contributed by atoms with van der Waals surface area (Å²) in [5.74, 6) is -0.851. The van der Waals surface area contributed by atoms with Crippen molar-refractivity contribution in [1.29, 1.82) is 0 Å².